The lowest BCUT2D eigenvalue weighted by Gasteiger charge is -2.10. The van der Waals surface area contributed by atoms with Gasteiger partial charge in [-0.05, 0) is 37.0 Å². The monoisotopic (exact) mass is 250 g/mol. The van der Waals surface area contributed by atoms with Crippen LogP contribution in [0, 0.1) is 12.8 Å². The van der Waals surface area contributed by atoms with E-state index in [4.69, 9.17) is 10.5 Å². The van der Waals surface area contributed by atoms with Gasteiger partial charge in [-0.3, -0.25) is 4.79 Å². The Kier molecular flexibility index (Phi) is 5.65. The van der Waals surface area contributed by atoms with Gasteiger partial charge in [0.1, 0.15) is 6.61 Å². The standard InChI is InChI=1S/C14H22N2O2/c1-10(2)6-7-18-9-14(17)16-13-8-12(15)5-4-11(13)3/h4-5,8,10H,6-7,9,15H2,1-3H3,(H,16,17). The molecule has 0 aliphatic rings. The van der Waals surface area contributed by atoms with E-state index in [0.29, 0.717) is 18.2 Å². The maximum Gasteiger partial charge on any atom is 0.250 e. The minimum absolute atomic E-state index is 0.0843. The van der Waals surface area contributed by atoms with Crippen molar-refractivity contribution in [1.82, 2.24) is 0 Å². The van der Waals surface area contributed by atoms with Gasteiger partial charge in [-0.1, -0.05) is 19.9 Å². The summed E-state index contributed by atoms with van der Waals surface area (Å²) in [4.78, 5) is 11.6. The number of nitrogen functional groups attached to an aromatic ring is 1. The van der Waals surface area contributed by atoms with Crippen LogP contribution < -0.4 is 11.1 Å². The first-order valence-corrected chi connectivity index (χ1v) is 6.22. The number of anilines is 2. The molecule has 1 rings (SSSR count). The van der Waals surface area contributed by atoms with Crippen LogP contribution in [0.5, 0.6) is 0 Å². The molecule has 0 fully saturated rings. The van der Waals surface area contributed by atoms with E-state index in [0.717, 1.165) is 17.7 Å². The average Bonchev–Trinajstić information content (AvgIpc) is 2.29. The average molecular weight is 250 g/mol. The van der Waals surface area contributed by atoms with Gasteiger partial charge in [0.2, 0.25) is 5.91 Å². The Labute approximate surface area is 109 Å². The van der Waals surface area contributed by atoms with Crippen molar-refractivity contribution in [2.24, 2.45) is 5.92 Å². The van der Waals surface area contributed by atoms with Crippen LogP contribution in [-0.4, -0.2) is 19.1 Å². The molecular formula is C14H22N2O2. The molecule has 3 N–H and O–H groups in total. The number of nitrogens with two attached hydrogens (primary N) is 1. The van der Waals surface area contributed by atoms with E-state index in [1.54, 1.807) is 6.07 Å². The molecule has 0 saturated heterocycles. The summed E-state index contributed by atoms with van der Waals surface area (Å²) in [5.41, 5.74) is 8.04. The molecule has 4 heteroatoms. The molecule has 0 spiro atoms. The fourth-order valence-electron chi connectivity index (χ4n) is 1.44. The van der Waals surface area contributed by atoms with E-state index in [9.17, 15) is 4.79 Å². The minimum atomic E-state index is -0.146. The molecule has 0 aliphatic heterocycles. The third kappa shape index (κ3) is 5.19. The molecule has 0 radical (unpaired) electrons. The van der Waals surface area contributed by atoms with Gasteiger partial charge in [-0.15, -0.1) is 0 Å². The number of rotatable bonds is 6. The number of benzene rings is 1. The summed E-state index contributed by atoms with van der Waals surface area (Å²) in [7, 11) is 0. The number of amides is 1. The molecule has 4 nitrogen and oxygen atoms in total. The van der Waals surface area contributed by atoms with Gasteiger partial charge in [0.05, 0.1) is 0 Å². The maximum atomic E-state index is 11.6. The second-order valence-electron chi connectivity index (χ2n) is 4.86. The lowest BCUT2D eigenvalue weighted by molar-refractivity contribution is -0.120. The molecule has 1 aromatic carbocycles. The Balaban J connectivity index is 2.38. The van der Waals surface area contributed by atoms with E-state index < -0.39 is 0 Å². The molecule has 0 aromatic heterocycles. The number of aryl methyl sites for hydroxylation is 1. The van der Waals surface area contributed by atoms with Gasteiger partial charge in [0.15, 0.2) is 0 Å². The number of hydrogen-bond acceptors (Lipinski definition) is 3. The van der Waals surface area contributed by atoms with Gasteiger partial charge < -0.3 is 15.8 Å². The van der Waals surface area contributed by atoms with Crippen molar-refractivity contribution >= 4 is 17.3 Å². The van der Waals surface area contributed by atoms with E-state index in [-0.39, 0.29) is 12.5 Å². The van der Waals surface area contributed by atoms with Gasteiger partial charge in [-0.2, -0.15) is 0 Å². The first-order chi connectivity index (χ1) is 8.49. The zero-order valence-electron chi connectivity index (χ0n) is 11.3. The maximum absolute atomic E-state index is 11.6. The molecule has 0 heterocycles. The van der Waals surface area contributed by atoms with Crippen LogP contribution in [0.4, 0.5) is 11.4 Å². The van der Waals surface area contributed by atoms with E-state index in [1.165, 1.54) is 0 Å². The quantitative estimate of drug-likeness (QED) is 0.602. The fourth-order valence-corrected chi connectivity index (χ4v) is 1.44. The Hall–Kier alpha value is -1.55. The van der Waals surface area contributed by atoms with Crippen molar-refractivity contribution in [3.63, 3.8) is 0 Å². The zero-order chi connectivity index (χ0) is 13.5. The first kappa shape index (κ1) is 14.5. The normalized spacial score (nSPS) is 10.7. The molecule has 1 aromatic rings. The summed E-state index contributed by atoms with van der Waals surface area (Å²) in [5.74, 6) is 0.441. The van der Waals surface area contributed by atoms with Crippen molar-refractivity contribution in [3.05, 3.63) is 23.8 Å². The van der Waals surface area contributed by atoms with Gasteiger partial charge in [-0.25, -0.2) is 0 Å². The molecule has 100 valence electrons. The third-order valence-corrected chi connectivity index (χ3v) is 2.61. The Morgan fingerprint density at radius 3 is 2.83 bits per heavy atom. The molecule has 0 saturated carbocycles. The number of nitrogens with one attached hydrogen (secondary N) is 1. The number of ether oxygens (including phenoxy) is 1. The van der Waals surface area contributed by atoms with Crippen molar-refractivity contribution in [2.45, 2.75) is 27.2 Å². The third-order valence-electron chi connectivity index (χ3n) is 2.61. The summed E-state index contributed by atoms with van der Waals surface area (Å²) in [6, 6.07) is 5.44. The number of carbonyl (C=O) groups excluding carboxylic acids is 1. The Morgan fingerprint density at radius 1 is 1.44 bits per heavy atom. The SMILES string of the molecule is Cc1ccc(N)cc1NC(=O)COCCC(C)C. The largest absolute Gasteiger partial charge is 0.399 e. The van der Waals surface area contributed by atoms with Crippen molar-refractivity contribution in [3.8, 4) is 0 Å². The van der Waals surface area contributed by atoms with Crippen LogP contribution in [0.3, 0.4) is 0 Å². The fraction of sp³-hybridized carbons (Fsp3) is 0.500. The van der Waals surface area contributed by atoms with Crippen LogP contribution in [0.15, 0.2) is 18.2 Å². The Morgan fingerprint density at radius 2 is 2.17 bits per heavy atom. The zero-order valence-corrected chi connectivity index (χ0v) is 11.3. The highest BCUT2D eigenvalue weighted by Gasteiger charge is 2.05. The van der Waals surface area contributed by atoms with Crippen LogP contribution in [0.25, 0.3) is 0 Å². The molecular weight excluding hydrogens is 228 g/mol. The van der Waals surface area contributed by atoms with E-state index in [2.05, 4.69) is 19.2 Å². The highest BCUT2D eigenvalue weighted by Crippen LogP contribution is 2.17. The van der Waals surface area contributed by atoms with E-state index >= 15 is 0 Å². The van der Waals surface area contributed by atoms with Crippen molar-refractivity contribution in [2.75, 3.05) is 24.3 Å². The Bertz CT molecular complexity index is 403. The molecule has 0 aliphatic carbocycles. The summed E-state index contributed by atoms with van der Waals surface area (Å²) >= 11 is 0. The minimum Gasteiger partial charge on any atom is -0.399 e. The lowest BCUT2D eigenvalue weighted by atomic mass is 10.1. The molecule has 0 atom stereocenters. The van der Waals surface area contributed by atoms with Gasteiger partial charge in [0, 0.05) is 18.0 Å². The molecule has 0 bridgehead atoms. The van der Waals surface area contributed by atoms with Gasteiger partial charge in [0.25, 0.3) is 0 Å². The highest BCUT2D eigenvalue weighted by atomic mass is 16.5. The second-order valence-corrected chi connectivity index (χ2v) is 4.86. The van der Waals surface area contributed by atoms with Gasteiger partial charge >= 0.3 is 0 Å². The second kappa shape index (κ2) is 7.01. The van der Waals surface area contributed by atoms with Crippen LogP contribution in [-0.2, 0) is 9.53 Å². The van der Waals surface area contributed by atoms with E-state index in [1.807, 2.05) is 19.1 Å². The van der Waals surface area contributed by atoms with Crippen LogP contribution in [0.1, 0.15) is 25.8 Å². The summed E-state index contributed by atoms with van der Waals surface area (Å²) < 4.78 is 5.31. The summed E-state index contributed by atoms with van der Waals surface area (Å²) in [5, 5.41) is 2.80. The van der Waals surface area contributed by atoms with Crippen molar-refractivity contribution in [1.29, 1.82) is 0 Å². The molecule has 0 unspecified atom stereocenters. The van der Waals surface area contributed by atoms with Crippen LogP contribution >= 0.6 is 0 Å². The lowest BCUT2D eigenvalue weighted by Crippen LogP contribution is -2.19. The summed E-state index contributed by atoms with van der Waals surface area (Å²) in [6.07, 6.45) is 0.963. The van der Waals surface area contributed by atoms with Crippen molar-refractivity contribution < 1.29 is 9.53 Å². The predicted octanol–water partition coefficient (Wildman–Crippen LogP) is 2.58. The number of hydrogen-bond donors (Lipinski definition) is 2. The van der Waals surface area contributed by atoms with Crippen LogP contribution in [0.2, 0.25) is 0 Å². The number of carbonyl (C=O) groups is 1. The predicted molar refractivity (Wildman–Crippen MR) is 74.5 cm³/mol. The highest BCUT2D eigenvalue weighted by molar-refractivity contribution is 5.92. The first-order valence-electron chi connectivity index (χ1n) is 6.22. The molecule has 1 amide bonds. The summed E-state index contributed by atoms with van der Waals surface area (Å²) in [6.45, 7) is 6.87. The topological polar surface area (TPSA) is 64.3 Å². The molecule has 18 heavy (non-hydrogen) atoms. The smallest absolute Gasteiger partial charge is 0.250 e.